The topological polar surface area (TPSA) is 58.7 Å². The second-order valence-electron chi connectivity index (χ2n) is 6.59. The smallest absolute Gasteiger partial charge is 0.225 e. The Morgan fingerprint density at radius 1 is 1.32 bits per heavy atom. The summed E-state index contributed by atoms with van der Waals surface area (Å²) in [7, 11) is 0. The fraction of sp³-hybridized carbons (Fsp3) is 0.867. The molecule has 1 atom stereocenters. The van der Waals surface area contributed by atoms with Crippen LogP contribution in [-0.2, 0) is 4.79 Å². The van der Waals surface area contributed by atoms with Crippen molar-refractivity contribution in [3.8, 4) is 0 Å². The van der Waals surface area contributed by atoms with Crippen LogP contribution in [0.15, 0.2) is 4.99 Å². The molecule has 1 unspecified atom stereocenters. The first-order valence-corrected chi connectivity index (χ1v) is 7.78. The maximum atomic E-state index is 11.5. The minimum atomic E-state index is -0.296. The lowest BCUT2D eigenvalue weighted by atomic mass is 9.87. The number of nitrogens with two attached hydrogens (primary N) is 1. The number of carbonyl (C=O) groups excluding carboxylic acids is 1. The molecule has 2 fully saturated rings. The predicted octanol–water partition coefficient (Wildman–Crippen LogP) is 1.93. The summed E-state index contributed by atoms with van der Waals surface area (Å²) in [4.78, 5) is 18.3. The molecule has 0 aromatic heterocycles. The molecule has 0 saturated heterocycles. The number of primary amides is 1. The first-order chi connectivity index (χ1) is 9.21. The summed E-state index contributed by atoms with van der Waals surface area (Å²) < 4.78 is 0. The fourth-order valence-corrected chi connectivity index (χ4v) is 3.66. The number of aliphatic imine (C=N–C) groups is 1. The van der Waals surface area contributed by atoms with E-state index in [2.05, 4.69) is 9.89 Å². The van der Waals surface area contributed by atoms with E-state index >= 15 is 0 Å². The Hall–Kier alpha value is -1.06. The van der Waals surface area contributed by atoms with Crippen LogP contribution in [0.25, 0.3) is 0 Å². The first kappa shape index (κ1) is 12.9. The average Bonchev–Trinajstić information content (AvgIpc) is 3.11. The SMILES string of the molecule is NC(=O)C1(C2CN(CCC3CCCCC3)C=N2)CC1. The molecule has 0 radical (unpaired) electrons. The third-order valence-electron chi connectivity index (χ3n) is 5.28. The van der Waals surface area contributed by atoms with E-state index < -0.39 is 0 Å². The van der Waals surface area contributed by atoms with Crippen LogP contribution < -0.4 is 5.73 Å². The van der Waals surface area contributed by atoms with E-state index in [1.165, 1.54) is 38.5 Å². The molecule has 4 nitrogen and oxygen atoms in total. The van der Waals surface area contributed by atoms with Crippen molar-refractivity contribution in [2.75, 3.05) is 13.1 Å². The van der Waals surface area contributed by atoms with Crippen molar-refractivity contribution in [1.82, 2.24) is 4.90 Å². The number of rotatable bonds is 5. The van der Waals surface area contributed by atoms with Gasteiger partial charge in [-0.25, -0.2) is 0 Å². The van der Waals surface area contributed by atoms with Crippen molar-refractivity contribution < 1.29 is 4.79 Å². The van der Waals surface area contributed by atoms with Crippen molar-refractivity contribution in [2.45, 2.75) is 57.4 Å². The van der Waals surface area contributed by atoms with E-state index in [4.69, 9.17) is 5.73 Å². The molecular weight excluding hydrogens is 238 g/mol. The molecule has 0 aromatic carbocycles. The first-order valence-electron chi connectivity index (χ1n) is 7.78. The van der Waals surface area contributed by atoms with Crippen LogP contribution in [0.1, 0.15) is 51.4 Å². The van der Waals surface area contributed by atoms with E-state index in [-0.39, 0.29) is 17.4 Å². The van der Waals surface area contributed by atoms with Gasteiger partial charge in [0, 0.05) is 13.1 Å². The second kappa shape index (κ2) is 5.14. The summed E-state index contributed by atoms with van der Waals surface area (Å²) in [5, 5.41) is 0. The maximum absolute atomic E-state index is 11.5. The summed E-state index contributed by atoms with van der Waals surface area (Å²) in [6, 6.07) is 0.122. The standard InChI is InChI=1S/C15H25N3O/c16-14(19)15(7-8-15)13-10-18(11-17-13)9-6-12-4-2-1-3-5-12/h11-13H,1-10H2,(H2,16,19). The normalized spacial score (nSPS) is 29.7. The zero-order chi connectivity index (χ0) is 13.3. The molecule has 1 amide bonds. The molecule has 3 rings (SSSR count). The highest BCUT2D eigenvalue weighted by molar-refractivity contribution is 5.85. The van der Waals surface area contributed by atoms with Gasteiger partial charge in [0.15, 0.2) is 0 Å². The summed E-state index contributed by atoms with van der Waals surface area (Å²) in [6.45, 7) is 2.00. The highest BCUT2D eigenvalue weighted by atomic mass is 16.1. The molecule has 2 saturated carbocycles. The van der Waals surface area contributed by atoms with Gasteiger partial charge >= 0.3 is 0 Å². The van der Waals surface area contributed by atoms with Crippen LogP contribution in [0, 0.1) is 11.3 Å². The van der Waals surface area contributed by atoms with Crippen LogP contribution in [0.2, 0.25) is 0 Å². The molecule has 1 heterocycles. The predicted molar refractivity (Wildman–Crippen MR) is 75.9 cm³/mol. The minimum Gasteiger partial charge on any atom is -0.369 e. The lowest BCUT2D eigenvalue weighted by Gasteiger charge is -2.25. The Morgan fingerprint density at radius 3 is 2.68 bits per heavy atom. The third-order valence-corrected chi connectivity index (χ3v) is 5.28. The third kappa shape index (κ3) is 2.63. The summed E-state index contributed by atoms with van der Waals surface area (Å²) in [5.41, 5.74) is 5.22. The van der Waals surface area contributed by atoms with Gasteiger partial charge in [-0.3, -0.25) is 9.79 Å². The molecule has 106 valence electrons. The zero-order valence-electron chi connectivity index (χ0n) is 11.7. The average molecular weight is 263 g/mol. The highest BCUT2D eigenvalue weighted by Crippen LogP contribution is 2.50. The lowest BCUT2D eigenvalue weighted by Crippen LogP contribution is -2.38. The molecule has 0 bridgehead atoms. The molecule has 0 aromatic rings. The van der Waals surface area contributed by atoms with Gasteiger partial charge in [-0.1, -0.05) is 32.1 Å². The van der Waals surface area contributed by atoms with Crippen molar-refractivity contribution in [1.29, 1.82) is 0 Å². The Morgan fingerprint density at radius 2 is 2.05 bits per heavy atom. The zero-order valence-corrected chi connectivity index (χ0v) is 11.7. The van der Waals surface area contributed by atoms with Crippen molar-refractivity contribution in [3.05, 3.63) is 0 Å². The van der Waals surface area contributed by atoms with E-state index in [0.717, 1.165) is 31.8 Å². The van der Waals surface area contributed by atoms with Crippen LogP contribution in [0.4, 0.5) is 0 Å². The van der Waals surface area contributed by atoms with Gasteiger partial charge < -0.3 is 10.6 Å². The van der Waals surface area contributed by atoms with Gasteiger partial charge in [0.1, 0.15) is 0 Å². The number of amides is 1. The Bertz CT molecular complexity index is 370. The van der Waals surface area contributed by atoms with Gasteiger partial charge in [0.25, 0.3) is 0 Å². The van der Waals surface area contributed by atoms with E-state index in [1.54, 1.807) is 0 Å². The molecule has 0 spiro atoms. The fourth-order valence-electron chi connectivity index (χ4n) is 3.66. The van der Waals surface area contributed by atoms with Crippen molar-refractivity contribution in [2.24, 2.45) is 22.1 Å². The number of carbonyl (C=O) groups is 1. The monoisotopic (exact) mass is 263 g/mol. The summed E-state index contributed by atoms with van der Waals surface area (Å²) in [5.74, 6) is 0.760. The highest BCUT2D eigenvalue weighted by Gasteiger charge is 2.55. The molecule has 4 heteroatoms. The number of nitrogens with zero attached hydrogens (tertiary/aromatic N) is 2. The summed E-state index contributed by atoms with van der Waals surface area (Å²) in [6.07, 6.45) is 12.1. The summed E-state index contributed by atoms with van der Waals surface area (Å²) >= 11 is 0. The molecule has 2 aliphatic carbocycles. The van der Waals surface area contributed by atoms with Crippen molar-refractivity contribution >= 4 is 12.2 Å². The van der Waals surface area contributed by atoms with Crippen LogP contribution >= 0.6 is 0 Å². The number of hydrogen-bond donors (Lipinski definition) is 1. The molecule has 1 aliphatic heterocycles. The van der Waals surface area contributed by atoms with Gasteiger partial charge in [-0.2, -0.15) is 0 Å². The van der Waals surface area contributed by atoms with Crippen LogP contribution in [0.5, 0.6) is 0 Å². The molecule has 3 aliphatic rings. The second-order valence-corrected chi connectivity index (χ2v) is 6.59. The van der Waals surface area contributed by atoms with Crippen molar-refractivity contribution in [3.63, 3.8) is 0 Å². The van der Waals surface area contributed by atoms with E-state index in [9.17, 15) is 4.79 Å². The minimum absolute atomic E-state index is 0.122. The Balaban J connectivity index is 1.45. The van der Waals surface area contributed by atoms with Gasteiger partial charge in [0.05, 0.1) is 17.8 Å². The van der Waals surface area contributed by atoms with Gasteiger partial charge in [0.2, 0.25) is 5.91 Å². The van der Waals surface area contributed by atoms with Gasteiger partial charge in [-0.15, -0.1) is 0 Å². The maximum Gasteiger partial charge on any atom is 0.225 e. The molecule has 19 heavy (non-hydrogen) atoms. The Labute approximate surface area is 115 Å². The molecule has 2 N–H and O–H groups in total. The Kier molecular flexibility index (Phi) is 3.50. The lowest BCUT2D eigenvalue weighted by molar-refractivity contribution is -0.123. The molecular formula is C15H25N3O. The largest absolute Gasteiger partial charge is 0.369 e. The number of hydrogen-bond acceptors (Lipinski definition) is 3. The quantitative estimate of drug-likeness (QED) is 0.824. The van der Waals surface area contributed by atoms with Crippen LogP contribution in [-0.4, -0.2) is 36.3 Å². The van der Waals surface area contributed by atoms with Gasteiger partial charge in [-0.05, 0) is 25.2 Å². The van der Waals surface area contributed by atoms with E-state index in [1.807, 2.05) is 6.34 Å². The van der Waals surface area contributed by atoms with E-state index in [0.29, 0.717) is 0 Å². The van der Waals surface area contributed by atoms with Crippen LogP contribution in [0.3, 0.4) is 0 Å².